The lowest BCUT2D eigenvalue weighted by molar-refractivity contribution is -0.0120. The zero-order valence-electron chi connectivity index (χ0n) is 13.8. The van der Waals surface area contributed by atoms with Gasteiger partial charge in [0.25, 0.3) is 5.91 Å². The van der Waals surface area contributed by atoms with E-state index in [2.05, 4.69) is 10.3 Å². The van der Waals surface area contributed by atoms with Crippen LogP contribution >= 0.6 is 0 Å². The van der Waals surface area contributed by atoms with Crippen LogP contribution in [-0.2, 0) is 0 Å². The summed E-state index contributed by atoms with van der Waals surface area (Å²) in [5, 5.41) is 3.33. The number of benzene rings is 1. The summed E-state index contributed by atoms with van der Waals surface area (Å²) in [4.78, 5) is 17.0. The van der Waals surface area contributed by atoms with Crippen molar-refractivity contribution in [3.05, 3.63) is 48.5 Å². The highest BCUT2D eigenvalue weighted by atomic mass is 16.2. The van der Waals surface area contributed by atoms with Crippen LogP contribution in [0.25, 0.3) is 5.69 Å². The minimum atomic E-state index is -0.0119. The zero-order valence-corrected chi connectivity index (χ0v) is 13.8. The van der Waals surface area contributed by atoms with Crippen LogP contribution in [-0.4, -0.2) is 21.5 Å². The molecule has 4 saturated carbocycles. The quantitative estimate of drug-likeness (QED) is 0.941. The minimum absolute atomic E-state index is 0.0119. The highest BCUT2D eigenvalue weighted by molar-refractivity contribution is 5.92. The fourth-order valence-corrected chi connectivity index (χ4v) is 5.57. The second-order valence-electron chi connectivity index (χ2n) is 7.93. The Morgan fingerprint density at radius 3 is 2.33 bits per heavy atom. The molecular weight excluding hydrogens is 298 g/mol. The normalized spacial score (nSPS) is 33.6. The van der Waals surface area contributed by atoms with Gasteiger partial charge in [0.2, 0.25) is 0 Å². The molecule has 24 heavy (non-hydrogen) atoms. The molecule has 0 atom stereocenters. The number of carbonyl (C=O) groups excluding carboxylic acids is 1. The largest absolute Gasteiger partial charge is 0.347 e. The number of hydrogen-bond acceptors (Lipinski definition) is 2. The van der Waals surface area contributed by atoms with Crippen LogP contribution < -0.4 is 5.32 Å². The van der Waals surface area contributed by atoms with Crippen molar-refractivity contribution in [3.8, 4) is 5.69 Å². The fourth-order valence-electron chi connectivity index (χ4n) is 5.57. The first kappa shape index (κ1) is 14.3. The number of rotatable bonds is 3. The van der Waals surface area contributed by atoms with Gasteiger partial charge >= 0.3 is 0 Å². The van der Waals surface area contributed by atoms with Crippen LogP contribution in [0.5, 0.6) is 0 Å². The van der Waals surface area contributed by atoms with Crippen LogP contribution in [0.4, 0.5) is 0 Å². The lowest BCUT2D eigenvalue weighted by Crippen LogP contribution is -2.55. The first-order chi connectivity index (χ1) is 11.8. The Kier molecular flexibility index (Phi) is 3.25. The predicted octanol–water partition coefficient (Wildman–Crippen LogP) is 3.43. The molecule has 4 heteroatoms. The Morgan fingerprint density at radius 1 is 1.00 bits per heavy atom. The van der Waals surface area contributed by atoms with Crippen LogP contribution in [0, 0.1) is 23.7 Å². The molecule has 4 fully saturated rings. The first-order valence-corrected chi connectivity index (χ1v) is 9.16. The van der Waals surface area contributed by atoms with Crippen LogP contribution in [0.2, 0.25) is 0 Å². The monoisotopic (exact) mass is 321 g/mol. The summed E-state index contributed by atoms with van der Waals surface area (Å²) in [6.45, 7) is 0. The van der Waals surface area contributed by atoms with Crippen molar-refractivity contribution in [1.82, 2.24) is 14.9 Å². The van der Waals surface area contributed by atoms with Crippen molar-refractivity contribution < 1.29 is 4.79 Å². The molecule has 6 rings (SSSR count). The number of nitrogens with zero attached hydrogens (tertiary/aromatic N) is 2. The molecule has 1 amide bonds. The second-order valence-corrected chi connectivity index (χ2v) is 7.93. The lowest BCUT2D eigenvalue weighted by Gasteiger charge is -2.54. The molecule has 4 aliphatic rings. The Hall–Kier alpha value is -2.10. The lowest BCUT2D eigenvalue weighted by atomic mass is 9.54. The summed E-state index contributed by atoms with van der Waals surface area (Å²) in [6.07, 6.45) is 10.3. The summed E-state index contributed by atoms with van der Waals surface area (Å²) in [7, 11) is 0. The van der Waals surface area contributed by atoms with Gasteiger partial charge in [-0.3, -0.25) is 4.79 Å². The smallest absolute Gasteiger partial charge is 0.271 e. The third kappa shape index (κ3) is 2.36. The minimum Gasteiger partial charge on any atom is -0.347 e. The van der Waals surface area contributed by atoms with Gasteiger partial charge in [-0.15, -0.1) is 0 Å². The average Bonchev–Trinajstić information content (AvgIpc) is 3.08. The van der Waals surface area contributed by atoms with Crippen LogP contribution in [0.3, 0.4) is 0 Å². The van der Waals surface area contributed by atoms with Crippen molar-refractivity contribution in [2.45, 2.75) is 38.1 Å². The topological polar surface area (TPSA) is 46.9 Å². The zero-order chi connectivity index (χ0) is 16.1. The summed E-state index contributed by atoms with van der Waals surface area (Å²) in [6, 6.07) is 10.4. The Bertz CT molecular complexity index is 723. The molecule has 4 aliphatic carbocycles. The predicted molar refractivity (Wildman–Crippen MR) is 91.9 cm³/mol. The molecule has 4 nitrogen and oxygen atoms in total. The Balaban J connectivity index is 1.32. The standard InChI is InChI=1S/C20H23N3O/c24-20(18-11-23(12-21-18)17-4-2-1-3-5-17)22-19-15-7-13-6-14(9-15)10-16(19)8-13/h1-5,11-16,19H,6-10H2,(H,22,24). The molecule has 124 valence electrons. The van der Waals surface area contributed by atoms with E-state index in [-0.39, 0.29) is 5.91 Å². The summed E-state index contributed by atoms with van der Waals surface area (Å²) in [5.74, 6) is 3.24. The number of nitrogens with one attached hydrogen (secondary N) is 1. The SMILES string of the molecule is O=C(NC1C2CC3CC(C2)CC1C3)c1cn(-c2ccccc2)cn1. The molecule has 0 radical (unpaired) electrons. The van der Waals surface area contributed by atoms with Gasteiger partial charge in [0.1, 0.15) is 12.0 Å². The van der Waals surface area contributed by atoms with Gasteiger partial charge in [-0.1, -0.05) is 18.2 Å². The number of carbonyl (C=O) groups is 1. The molecule has 0 unspecified atom stereocenters. The fraction of sp³-hybridized carbons (Fsp3) is 0.500. The van der Waals surface area contributed by atoms with E-state index in [0.717, 1.165) is 17.5 Å². The highest BCUT2D eigenvalue weighted by Gasteiger charge is 2.48. The molecule has 1 heterocycles. The van der Waals surface area contributed by atoms with E-state index in [9.17, 15) is 4.79 Å². The number of para-hydroxylation sites is 1. The molecule has 1 aromatic heterocycles. The summed E-state index contributed by atoms with van der Waals surface area (Å²) in [5.41, 5.74) is 1.55. The average molecular weight is 321 g/mol. The maximum atomic E-state index is 12.7. The number of aromatic nitrogens is 2. The number of hydrogen-bond donors (Lipinski definition) is 1. The van der Waals surface area contributed by atoms with Crippen molar-refractivity contribution in [2.75, 3.05) is 0 Å². The summed E-state index contributed by atoms with van der Waals surface area (Å²) < 4.78 is 1.91. The Morgan fingerprint density at radius 2 is 1.67 bits per heavy atom. The maximum Gasteiger partial charge on any atom is 0.271 e. The maximum absolute atomic E-state index is 12.7. The molecule has 2 aromatic rings. The molecular formula is C20H23N3O. The molecule has 1 N–H and O–H groups in total. The van der Waals surface area contributed by atoms with E-state index < -0.39 is 0 Å². The molecule has 1 aromatic carbocycles. The van der Waals surface area contributed by atoms with Crippen LogP contribution in [0.1, 0.15) is 42.6 Å². The Labute approximate surface area is 142 Å². The molecule has 0 aliphatic heterocycles. The molecule has 4 bridgehead atoms. The van der Waals surface area contributed by atoms with E-state index >= 15 is 0 Å². The van der Waals surface area contributed by atoms with E-state index in [4.69, 9.17) is 0 Å². The van der Waals surface area contributed by atoms with Gasteiger partial charge in [0.05, 0.1) is 0 Å². The molecule has 0 spiro atoms. The number of imidazole rings is 1. The van der Waals surface area contributed by atoms with Crippen molar-refractivity contribution in [3.63, 3.8) is 0 Å². The van der Waals surface area contributed by atoms with Gasteiger partial charge in [-0.25, -0.2) is 4.98 Å². The van der Waals surface area contributed by atoms with Gasteiger partial charge < -0.3 is 9.88 Å². The van der Waals surface area contributed by atoms with Gasteiger partial charge in [0, 0.05) is 17.9 Å². The third-order valence-electron chi connectivity index (χ3n) is 6.39. The van der Waals surface area contributed by atoms with Crippen molar-refractivity contribution in [2.24, 2.45) is 23.7 Å². The van der Waals surface area contributed by atoms with E-state index in [0.29, 0.717) is 23.6 Å². The van der Waals surface area contributed by atoms with E-state index in [1.165, 1.54) is 32.1 Å². The molecule has 0 saturated heterocycles. The highest BCUT2D eigenvalue weighted by Crippen LogP contribution is 2.53. The number of amides is 1. The van der Waals surface area contributed by atoms with Crippen molar-refractivity contribution in [1.29, 1.82) is 0 Å². The van der Waals surface area contributed by atoms with Crippen molar-refractivity contribution >= 4 is 5.91 Å². The van der Waals surface area contributed by atoms with Crippen LogP contribution in [0.15, 0.2) is 42.9 Å². The van der Waals surface area contributed by atoms with Gasteiger partial charge in [-0.05, 0) is 67.9 Å². The van der Waals surface area contributed by atoms with Gasteiger partial charge in [0.15, 0.2) is 0 Å². The first-order valence-electron chi connectivity index (χ1n) is 9.16. The van der Waals surface area contributed by atoms with E-state index in [1.807, 2.05) is 41.1 Å². The third-order valence-corrected chi connectivity index (χ3v) is 6.39. The van der Waals surface area contributed by atoms with E-state index in [1.54, 1.807) is 6.33 Å². The van der Waals surface area contributed by atoms with Gasteiger partial charge in [-0.2, -0.15) is 0 Å². The summed E-state index contributed by atoms with van der Waals surface area (Å²) >= 11 is 0. The second kappa shape index (κ2) is 5.47.